The highest BCUT2D eigenvalue weighted by Gasteiger charge is 2.28. The third-order valence-corrected chi connectivity index (χ3v) is 5.03. The largest absolute Gasteiger partial charge is 0.341 e. The zero-order valence-corrected chi connectivity index (χ0v) is 13.5. The van der Waals surface area contributed by atoms with Crippen LogP contribution < -0.4 is 4.90 Å². The average Bonchev–Trinajstić information content (AvgIpc) is 2.86. The van der Waals surface area contributed by atoms with E-state index >= 15 is 0 Å². The van der Waals surface area contributed by atoms with E-state index in [1.54, 1.807) is 0 Å². The van der Waals surface area contributed by atoms with Crippen molar-refractivity contribution in [3.8, 4) is 0 Å². The van der Waals surface area contributed by atoms with Gasteiger partial charge in [0.2, 0.25) is 0 Å². The number of hydrogen-bond donors (Lipinski definition) is 0. The van der Waals surface area contributed by atoms with Crippen LogP contribution in [0.25, 0.3) is 10.8 Å². The van der Waals surface area contributed by atoms with Crippen LogP contribution >= 0.6 is 15.9 Å². The maximum absolute atomic E-state index is 3.67. The molecule has 1 atom stereocenters. The Morgan fingerprint density at radius 1 is 0.905 bits per heavy atom. The highest BCUT2D eigenvalue weighted by Crippen LogP contribution is 2.45. The predicted octanol–water partition coefficient (Wildman–Crippen LogP) is 5.86. The lowest BCUT2D eigenvalue weighted by atomic mass is 9.96. The maximum Gasteiger partial charge on any atom is 0.0453 e. The van der Waals surface area contributed by atoms with Gasteiger partial charge in [-0.3, -0.25) is 0 Å². The molecule has 1 unspecified atom stereocenters. The molecule has 1 aliphatic rings. The van der Waals surface area contributed by atoms with Crippen LogP contribution in [0, 0.1) is 0 Å². The van der Waals surface area contributed by atoms with Crippen molar-refractivity contribution in [3.05, 3.63) is 70.7 Å². The molecule has 0 spiro atoms. The number of nitrogens with zero attached hydrogens (tertiary/aromatic N) is 1. The van der Waals surface area contributed by atoms with Crippen LogP contribution in [-0.2, 0) is 0 Å². The first kappa shape index (κ1) is 12.9. The Bertz CT molecular complexity index is 810. The lowest BCUT2D eigenvalue weighted by Gasteiger charge is -2.20. The maximum atomic E-state index is 3.67. The molecule has 1 aliphatic heterocycles. The molecule has 0 aliphatic carbocycles. The summed E-state index contributed by atoms with van der Waals surface area (Å²) >= 11 is 3.67. The van der Waals surface area contributed by atoms with Crippen molar-refractivity contribution in [2.45, 2.75) is 12.8 Å². The Hall–Kier alpha value is -1.80. The van der Waals surface area contributed by atoms with Crippen LogP contribution in [-0.4, -0.2) is 6.54 Å². The van der Waals surface area contributed by atoms with Crippen molar-refractivity contribution >= 4 is 38.1 Å². The minimum atomic E-state index is 0.540. The van der Waals surface area contributed by atoms with Gasteiger partial charge < -0.3 is 4.90 Å². The van der Waals surface area contributed by atoms with E-state index in [9.17, 15) is 0 Å². The van der Waals surface area contributed by atoms with Crippen molar-refractivity contribution in [2.75, 3.05) is 11.4 Å². The van der Waals surface area contributed by atoms with E-state index in [1.165, 1.54) is 32.2 Å². The van der Waals surface area contributed by atoms with Gasteiger partial charge in [0.25, 0.3) is 0 Å². The fourth-order valence-corrected chi connectivity index (χ4v) is 3.90. The fraction of sp³-hybridized carbons (Fsp3) is 0.158. The molecule has 1 nitrogen and oxygen atoms in total. The Morgan fingerprint density at radius 3 is 2.52 bits per heavy atom. The van der Waals surface area contributed by atoms with E-state index < -0.39 is 0 Å². The summed E-state index contributed by atoms with van der Waals surface area (Å²) in [6.07, 6.45) is 0. The molecule has 2 heteroatoms. The molecule has 0 amide bonds. The summed E-state index contributed by atoms with van der Waals surface area (Å²) in [6, 6.07) is 21.6. The monoisotopic (exact) mass is 337 g/mol. The molecular weight excluding hydrogens is 322 g/mol. The van der Waals surface area contributed by atoms with Gasteiger partial charge in [-0.15, -0.1) is 0 Å². The Labute approximate surface area is 133 Å². The van der Waals surface area contributed by atoms with Crippen molar-refractivity contribution in [2.24, 2.45) is 0 Å². The van der Waals surface area contributed by atoms with Gasteiger partial charge in [0, 0.05) is 28.3 Å². The summed E-state index contributed by atoms with van der Waals surface area (Å²) in [4.78, 5) is 2.43. The van der Waals surface area contributed by atoms with E-state index in [0.29, 0.717) is 5.92 Å². The number of benzene rings is 3. The number of para-hydroxylation sites is 1. The van der Waals surface area contributed by atoms with Crippen molar-refractivity contribution in [1.82, 2.24) is 0 Å². The average molecular weight is 338 g/mol. The van der Waals surface area contributed by atoms with Gasteiger partial charge in [-0.25, -0.2) is 0 Å². The van der Waals surface area contributed by atoms with Gasteiger partial charge in [0.1, 0.15) is 0 Å². The minimum absolute atomic E-state index is 0.540. The summed E-state index contributed by atoms with van der Waals surface area (Å²) < 4.78 is 1.17. The molecule has 3 aromatic rings. The second-order valence-corrected chi connectivity index (χ2v) is 6.53. The molecule has 1 heterocycles. The molecule has 0 aromatic heterocycles. The normalized spacial score (nSPS) is 17.2. The SMILES string of the molecule is CC1CN(c2ccccc2)c2ccc3c(Br)cccc3c21. The van der Waals surface area contributed by atoms with E-state index in [2.05, 4.69) is 88.4 Å². The second kappa shape index (κ2) is 4.88. The topological polar surface area (TPSA) is 3.24 Å². The van der Waals surface area contributed by atoms with Gasteiger partial charge in [-0.05, 0) is 40.6 Å². The van der Waals surface area contributed by atoms with Crippen molar-refractivity contribution < 1.29 is 0 Å². The summed E-state index contributed by atoms with van der Waals surface area (Å²) in [5.74, 6) is 0.540. The number of fused-ring (bicyclic) bond motifs is 3. The third-order valence-electron chi connectivity index (χ3n) is 4.33. The van der Waals surface area contributed by atoms with Crippen LogP contribution in [0.5, 0.6) is 0 Å². The lowest BCUT2D eigenvalue weighted by Crippen LogP contribution is -2.14. The van der Waals surface area contributed by atoms with E-state index in [-0.39, 0.29) is 0 Å². The number of rotatable bonds is 1. The van der Waals surface area contributed by atoms with Crippen LogP contribution in [0.15, 0.2) is 65.1 Å². The van der Waals surface area contributed by atoms with Crippen LogP contribution in [0.1, 0.15) is 18.4 Å². The summed E-state index contributed by atoms with van der Waals surface area (Å²) in [5, 5.41) is 2.67. The Kier molecular flexibility index (Phi) is 3.00. The summed E-state index contributed by atoms with van der Waals surface area (Å²) in [7, 11) is 0. The van der Waals surface area contributed by atoms with Crippen molar-refractivity contribution in [3.63, 3.8) is 0 Å². The molecular formula is C19H16BrN. The number of anilines is 2. The molecule has 0 saturated heterocycles. The van der Waals surface area contributed by atoms with Crippen LogP contribution in [0.4, 0.5) is 11.4 Å². The number of hydrogen-bond acceptors (Lipinski definition) is 1. The van der Waals surface area contributed by atoms with E-state index in [4.69, 9.17) is 0 Å². The van der Waals surface area contributed by atoms with Gasteiger partial charge in [0.15, 0.2) is 0 Å². The van der Waals surface area contributed by atoms with Gasteiger partial charge >= 0.3 is 0 Å². The molecule has 21 heavy (non-hydrogen) atoms. The van der Waals surface area contributed by atoms with Crippen LogP contribution in [0.3, 0.4) is 0 Å². The quantitative estimate of drug-likeness (QED) is 0.537. The van der Waals surface area contributed by atoms with Crippen molar-refractivity contribution in [1.29, 1.82) is 0 Å². The smallest absolute Gasteiger partial charge is 0.0453 e. The molecule has 4 rings (SSSR count). The molecule has 3 aromatic carbocycles. The van der Waals surface area contributed by atoms with Crippen LogP contribution in [0.2, 0.25) is 0 Å². The Balaban J connectivity index is 1.96. The first-order chi connectivity index (χ1) is 10.3. The molecule has 0 bridgehead atoms. The van der Waals surface area contributed by atoms with Gasteiger partial charge in [0.05, 0.1) is 0 Å². The van der Waals surface area contributed by atoms with E-state index in [1.807, 2.05) is 0 Å². The fourth-order valence-electron chi connectivity index (χ4n) is 3.40. The Morgan fingerprint density at radius 2 is 1.71 bits per heavy atom. The molecule has 0 radical (unpaired) electrons. The minimum Gasteiger partial charge on any atom is -0.341 e. The van der Waals surface area contributed by atoms with E-state index in [0.717, 1.165) is 6.54 Å². The summed E-state index contributed by atoms with van der Waals surface area (Å²) in [6.45, 7) is 3.37. The summed E-state index contributed by atoms with van der Waals surface area (Å²) in [5.41, 5.74) is 4.09. The molecule has 104 valence electrons. The standard InChI is InChI=1S/C19H16BrN/c1-13-12-21(14-6-3-2-4-7-14)18-11-10-15-16(19(13)18)8-5-9-17(15)20/h2-11,13H,12H2,1H3. The van der Waals surface area contributed by atoms with Gasteiger partial charge in [-0.2, -0.15) is 0 Å². The number of halogens is 1. The lowest BCUT2D eigenvalue weighted by molar-refractivity contribution is 0.818. The molecule has 0 fully saturated rings. The molecule has 0 saturated carbocycles. The first-order valence-corrected chi connectivity index (χ1v) is 8.09. The predicted molar refractivity (Wildman–Crippen MR) is 93.5 cm³/mol. The zero-order valence-electron chi connectivity index (χ0n) is 11.9. The highest BCUT2D eigenvalue weighted by atomic mass is 79.9. The first-order valence-electron chi connectivity index (χ1n) is 7.29. The van der Waals surface area contributed by atoms with Gasteiger partial charge in [-0.1, -0.05) is 59.3 Å². The highest BCUT2D eigenvalue weighted by molar-refractivity contribution is 9.10. The second-order valence-electron chi connectivity index (χ2n) is 5.68. The zero-order chi connectivity index (χ0) is 14.4. The molecule has 0 N–H and O–H groups in total. The third kappa shape index (κ3) is 1.97.